The Morgan fingerprint density at radius 2 is 1.93 bits per heavy atom. The highest BCUT2D eigenvalue weighted by molar-refractivity contribution is 9.10. The van der Waals surface area contributed by atoms with Gasteiger partial charge in [0.15, 0.2) is 11.9 Å². The first-order valence-corrected chi connectivity index (χ1v) is 11.5. The molecule has 0 saturated heterocycles. The lowest BCUT2D eigenvalue weighted by molar-refractivity contribution is -0.0802. The standard InChI is InChI=1S/C22H25BrN2O3S/c1-27-22(26)19-17(23)11-18-20(24-19)25-21(29-18)16-9-7-15(8-10-16)13-28-12-14-5-3-2-4-6-14/h2-6,11,15-16,22,26H,7-10,12-13H2,1H3/t15-,16-,22?. The van der Waals surface area contributed by atoms with Gasteiger partial charge in [0.05, 0.1) is 16.3 Å². The second kappa shape index (κ2) is 9.62. The summed E-state index contributed by atoms with van der Waals surface area (Å²) < 4.78 is 12.7. The average Bonchev–Trinajstić information content (AvgIpc) is 3.16. The molecule has 1 N–H and O–H groups in total. The third kappa shape index (κ3) is 5.03. The van der Waals surface area contributed by atoms with Crippen LogP contribution in [0.25, 0.3) is 10.3 Å². The van der Waals surface area contributed by atoms with Crippen molar-refractivity contribution in [1.29, 1.82) is 0 Å². The monoisotopic (exact) mass is 476 g/mol. The fourth-order valence-corrected chi connectivity index (χ4v) is 5.61. The molecule has 2 aromatic heterocycles. The van der Waals surface area contributed by atoms with E-state index in [4.69, 9.17) is 14.5 Å². The van der Waals surface area contributed by atoms with Crippen molar-refractivity contribution in [2.45, 2.75) is 44.5 Å². The van der Waals surface area contributed by atoms with Crippen molar-refractivity contribution < 1.29 is 14.6 Å². The fourth-order valence-electron chi connectivity index (χ4n) is 3.82. The molecule has 1 atom stereocenters. The number of aliphatic hydroxyl groups excluding tert-OH is 1. The Hall–Kier alpha value is -1.38. The molecule has 7 heteroatoms. The maximum absolute atomic E-state index is 9.95. The summed E-state index contributed by atoms with van der Waals surface area (Å²) in [7, 11) is 1.46. The van der Waals surface area contributed by atoms with E-state index in [2.05, 4.69) is 33.0 Å². The topological polar surface area (TPSA) is 64.5 Å². The van der Waals surface area contributed by atoms with Gasteiger partial charge in [-0.25, -0.2) is 9.97 Å². The molecule has 1 aliphatic rings. The molecule has 2 heterocycles. The van der Waals surface area contributed by atoms with Crippen LogP contribution in [0.5, 0.6) is 0 Å². The maximum Gasteiger partial charge on any atom is 0.199 e. The molecule has 3 aromatic rings. The van der Waals surface area contributed by atoms with Gasteiger partial charge >= 0.3 is 0 Å². The van der Waals surface area contributed by atoms with Crippen LogP contribution in [-0.2, 0) is 16.1 Å². The number of benzene rings is 1. The number of fused-ring (bicyclic) bond motifs is 1. The lowest BCUT2D eigenvalue weighted by Gasteiger charge is -2.27. The van der Waals surface area contributed by atoms with Crippen LogP contribution in [0.15, 0.2) is 40.9 Å². The van der Waals surface area contributed by atoms with E-state index in [1.165, 1.54) is 25.5 Å². The van der Waals surface area contributed by atoms with Gasteiger partial charge in [0.25, 0.3) is 0 Å². The Morgan fingerprint density at radius 1 is 1.17 bits per heavy atom. The Labute approximate surface area is 183 Å². The number of hydrogen-bond donors (Lipinski definition) is 1. The van der Waals surface area contributed by atoms with Crippen LogP contribution in [-0.4, -0.2) is 28.8 Å². The third-order valence-corrected chi connectivity index (χ3v) is 7.29. The lowest BCUT2D eigenvalue weighted by atomic mass is 9.83. The Morgan fingerprint density at radius 3 is 2.66 bits per heavy atom. The SMILES string of the molecule is COC(O)c1nc2nc([C@H]3CC[C@H](COCc4ccccc4)CC3)sc2cc1Br. The van der Waals surface area contributed by atoms with Crippen molar-refractivity contribution in [2.75, 3.05) is 13.7 Å². The molecule has 5 nitrogen and oxygen atoms in total. The summed E-state index contributed by atoms with van der Waals surface area (Å²) in [6, 6.07) is 12.3. The zero-order valence-corrected chi connectivity index (χ0v) is 18.8. The van der Waals surface area contributed by atoms with Gasteiger partial charge in [-0.05, 0) is 59.2 Å². The molecular formula is C22H25BrN2O3S. The number of pyridine rings is 1. The van der Waals surface area contributed by atoms with Gasteiger partial charge in [-0.15, -0.1) is 11.3 Å². The molecule has 4 rings (SSSR count). The van der Waals surface area contributed by atoms with E-state index in [9.17, 15) is 5.11 Å². The summed E-state index contributed by atoms with van der Waals surface area (Å²) in [4.78, 5) is 9.27. The summed E-state index contributed by atoms with van der Waals surface area (Å²) in [5, 5.41) is 11.1. The van der Waals surface area contributed by atoms with Crippen LogP contribution in [0.1, 0.15) is 54.2 Å². The Kier molecular flexibility index (Phi) is 6.92. The van der Waals surface area contributed by atoms with E-state index in [1.54, 1.807) is 11.3 Å². The molecule has 1 aliphatic carbocycles. The molecule has 154 valence electrons. The Balaban J connectivity index is 1.34. The minimum absolute atomic E-state index is 0.469. The normalized spacial score (nSPS) is 20.8. The summed E-state index contributed by atoms with van der Waals surface area (Å²) in [6.45, 7) is 1.52. The van der Waals surface area contributed by atoms with Gasteiger partial charge in [-0.1, -0.05) is 30.3 Å². The minimum atomic E-state index is -1.05. The van der Waals surface area contributed by atoms with Crippen molar-refractivity contribution >= 4 is 37.6 Å². The predicted octanol–water partition coefficient (Wildman–Crippen LogP) is 5.58. The number of ether oxygens (including phenoxy) is 2. The van der Waals surface area contributed by atoms with Gasteiger partial charge in [0.1, 0.15) is 5.69 Å². The van der Waals surface area contributed by atoms with Gasteiger partial charge < -0.3 is 14.6 Å². The first-order valence-electron chi connectivity index (χ1n) is 9.93. The number of halogens is 1. The lowest BCUT2D eigenvalue weighted by Crippen LogP contribution is -2.17. The number of nitrogens with zero attached hydrogens (tertiary/aromatic N) is 2. The number of hydrogen-bond acceptors (Lipinski definition) is 6. The summed E-state index contributed by atoms with van der Waals surface area (Å²) >= 11 is 5.18. The van der Waals surface area contributed by atoms with Crippen LogP contribution in [0.2, 0.25) is 0 Å². The van der Waals surface area contributed by atoms with Gasteiger partial charge in [0.2, 0.25) is 0 Å². The van der Waals surface area contributed by atoms with E-state index < -0.39 is 6.29 Å². The number of methoxy groups -OCH3 is 1. The summed E-state index contributed by atoms with van der Waals surface area (Å²) in [6.07, 6.45) is 3.55. The first kappa shape index (κ1) is 20.9. The average molecular weight is 477 g/mol. The molecule has 0 aliphatic heterocycles. The van der Waals surface area contributed by atoms with Crippen LogP contribution in [0, 0.1) is 5.92 Å². The van der Waals surface area contributed by atoms with Gasteiger partial charge in [-0.3, -0.25) is 0 Å². The van der Waals surface area contributed by atoms with E-state index in [-0.39, 0.29) is 0 Å². The molecule has 0 radical (unpaired) electrons. The minimum Gasteiger partial charge on any atom is -0.376 e. The van der Waals surface area contributed by atoms with E-state index in [0.717, 1.165) is 33.6 Å². The van der Waals surface area contributed by atoms with Crippen LogP contribution in [0.4, 0.5) is 0 Å². The molecule has 1 fully saturated rings. The molecule has 0 bridgehead atoms. The van der Waals surface area contributed by atoms with Crippen molar-refractivity contribution in [1.82, 2.24) is 9.97 Å². The quantitative estimate of drug-likeness (QED) is 0.450. The second-order valence-corrected chi connectivity index (χ2v) is 9.45. The van der Waals surface area contributed by atoms with Gasteiger partial charge in [0, 0.05) is 24.1 Å². The summed E-state index contributed by atoms with van der Waals surface area (Å²) in [5.41, 5.74) is 2.39. The molecule has 1 saturated carbocycles. The zero-order chi connectivity index (χ0) is 20.2. The number of aliphatic hydroxyl groups is 1. The highest BCUT2D eigenvalue weighted by Gasteiger charge is 2.26. The number of rotatable bonds is 7. The van der Waals surface area contributed by atoms with Crippen molar-refractivity contribution in [3.05, 3.63) is 57.1 Å². The first-order chi connectivity index (χ1) is 14.1. The smallest absolute Gasteiger partial charge is 0.199 e. The van der Waals surface area contributed by atoms with Gasteiger partial charge in [-0.2, -0.15) is 0 Å². The van der Waals surface area contributed by atoms with Crippen molar-refractivity contribution in [2.24, 2.45) is 5.92 Å². The zero-order valence-electron chi connectivity index (χ0n) is 16.4. The van der Waals surface area contributed by atoms with E-state index in [0.29, 0.717) is 29.8 Å². The number of aromatic nitrogens is 2. The predicted molar refractivity (Wildman–Crippen MR) is 118 cm³/mol. The number of thiazole rings is 1. The third-order valence-electron chi connectivity index (χ3n) is 5.50. The molecule has 29 heavy (non-hydrogen) atoms. The molecular weight excluding hydrogens is 452 g/mol. The highest BCUT2D eigenvalue weighted by Crippen LogP contribution is 2.39. The van der Waals surface area contributed by atoms with Crippen molar-refractivity contribution in [3.8, 4) is 0 Å². The highest BCUT2D eigenvalue weighted by atomic mass is 79.9. The van der Waals surface area contributed by atoms with E-state index in [1.807, 2.05) is 24.3 Å². The van der Waals surface area contributed by atoms with Crippen LogP contribution in [0.3, 0.4) is 0 Å². The maximum atomic E-state index is 9.95. The second-order valence-electron chi connectivity index (χ2n) is 7.54. The Bertz CT molecular complexity index is 942. The largest absolute Gasteiger partial charge is 0.376 e. The molecule has 0 amide bonds. The fraction of sp³-hybridized carbons (Fsp3) is 0.455. The molecule has 1 unspecified atom stereocenters. The van der Waals surface area contributed by atoms with Crippen LogP contribution < -0.4 is 0 Å². The summed E-state index contributed by atoms with van der Waals surface area (Å²) in [5.74, 6) is 1.11. The molecule has 1 aromatic carbocycles. The van der Waals surface area contributed by atoms with E-state index >= 15 is 0 Å². The van der Waals surface area contributed by atoms with Crippen molar-refractivity contribution in [3.63, 3.8) is 0 Å². The molecule has 0 spiro atoms. The van der Waals surface area contributed by atoms with Crippen LogP contribution >= 0.6 is 27.3 Å².